The minimum absolute atomic E-state index is 0.0119. The number of aliphatic hydroxyl groups excluding tert-OH is 1. The van der Waals surface area contributed by atoms with Crippen LogP contribution in [-0.2, 0) is 25.5 Å². The summed E-state index contributed by atoms with van der Waals surface area (Å²) in [6.45, 7) is 3.70. The van der Waals surface area contributed by atoms with E-state index in [2.05, 4.69) is 10.6 Å². The number of nitrogens with two attached hydrogens (primary N) is 1. The third-order valence-electron chi connectivity index (χ3n) is 4.51. The molecule has 1 aromatic carbocycles. The molecule has 3 atom stereocenters. The van der Waals surface area contributed by atoms with Crippen LogP contribution in [0.1, 0.15) is 37.8 Å². The Kier molecular flexibility index (Phi) is 7.72. The summed E-state index contributed by atoms with van der Waals surface area (Å²) < 4.78 is 5.14. The van der Waals surface area contributed by atoms with E-state index in [-0.39, 0.29) is 43.0 Å². The Labute approximate surface area is 169 Å². The zero-order valence-electron chi connectivity index (χ0n) is 16.6. The summed E-state index contributed by atoms with van der Waals surface area (Å²) in [7, 11) is 0. The summed E-state index contributed by atoms with van der Waals surface area (Å²) in [6, 6.07) is 6.09. The molecule has 1 aromatic rings. The number of nitrogen functional groups attached to an aromatic ring is 1. The fraction of sp³-hybridized carbons (Fsp3) is 0.500. The van der Waals surface area contributed by atoms with Crippen LogP contribution in [0.5, 0.6) is 0 Å². The molecule has 1 fully saturated rings. The van der Waals surface area contributed by atoms with E-state index in [0.29, 0.717) is 12.0 Å². The SMILES string of the molecule is CC(C)CC(=O)N[C@H]1CC(=O)OC1[C@@H](O)CNC(=O)Cc1ccc(C(=N)N)cc1. The molecule has 158 valence electrons. The quantitative estimate of drug-likeness (QED) is 0.219. The van der Waals surface area contributed by atoms with Crippen LogP contribution in [0.15, 0.2) is 24.3 Å². The second kappa shape index (κ2) is 10.0. The Morgan fingerprint density at radius 2 is 1.93 bits per heavy atom. The molecule has 6 N–H and O–H groups in total. The molecule has 1 unspecified atom stereocenters. The van der Waals surface area contributed by atoms with E-state index in [9.17, 15) is 19.5 Å². The van der Waals surface area contributed by atoms with E-state index < -0.39 is 24.2 Å². The second-order valence-electron chi connectivity index (χ2n) is 7.59. The molecule has 29 heavy (non-hydrogen) atoms. The maximum atomic E-state index is 12.1. The van der Waals surface area contributed by atoms with Gasteiger partial charge >= 0.3 is 5.97 Å². The van der Waals surface area contributed by atoms with Gasteiger partial charge in [-0.3, -0.25) is 19.8 Å². The first-order valence-electron chi connectivity index (χ1n) is 9.52. The Morgan fingerprint density at radius 1 is 1.28 bits per heavy atom. The largest absolute Gasteiger partial charge is 0.457 e. The van der Waals surface area contributed by atoms with Crippen molar-refractivity contribution >= 4 is 23.6 Å². The first-order chi connectivity index (χ1) is 13.7. The standard InChI is InChI=1S/C20H28N4O5/c1-11(2)7-17(27)24-14-9-18(28)29-19(14)15(25)10-23-16(26)8-12-3-5-13(6-4-12)20(21)22/h3-6,11,14-15,19,25H,7-10H2,1-2H3,(H3,21,22)(H,23,26)(H,24,27)/t14-,15-,19?/m0/s1. The average Bonchev–Trinajstić information content (AvgIpc) is 2.99. The molecule has 9 heteroatoms. The minimum atomic E-state index is -1.14. The van der Waals surface area contributed by atoms with Gasteiger partial charge in [-0.15, -0.1) is 0 Å². The Morgan fingerprint density at radius 3 is 2.52 bits per heavy atom. The number of cyclic esters (lactones) is 1. The van der Waals surface area contributed by atoms with Crippen LogP contribution in [0.25, 0.3) is 0 Å². The fourth-order valence-corrected chi connectivity index (χ4v) is 3.08. The summed E-state index contributed by atoms with van der Waals surface area (Å²) in [4.78, 5) is 35.7. The van der Waals surface area contributed by atoms with Gasteiger partial charge in [-0.1, -0.05) is 38.1 Å². The monoisotopic (exact) mass is 404 g/mol. The van der Waals surface area contributed by atoms with Gasteiger partial charge in [0.05, 0.1) is 18.9 Å². The lowest BCUT2D eigenvalue weighted by atomic mass is 10.0. The molecule has 1 aliphatic rings. The number of amides is 2. The van der Waals surface area contributed by atoms with Crippen molar-refractivity contribution in [1.82, 2.24) is 10.6 Å². The smallest absolute Gasteiger partial charge is 0.308 e. The molecule has 0 radical (unpaired) electrons. The molecule has 0 saturated carbocycles. The Bertz CT molecular complexity index is 763. The van der Waals surface area contributed by atoms with Crippen LogP contribution in [0.2, 0.25) is 0 Å². The Balaban J connectivity index is 1.85. The van der Waals surface area contributed by atoms with Gasteiger partial charge in [0.15, 0.2) is 0 Å². The number of ether oxygens (including phenoxy) is 1. The number of esters is 1. The van der Waals surface area contributed by atoms with Crippen LogP contribution in [0.4, 0.5) is 0 Å². The minimum Gasteiger partial charge on any atom is -0.457 e. The highest BCUT2D eigenvalue weighted by atomic mass is 16.6. The zero-order chi connectivity index (χ0) is 21.6. The van der Waals surface area contributed by atoms with Crippen molar-refractivity contribution in [3.05, 3.63) is 35.4 Å². The molecule has 0 aliphatic carbocycles. The van der Waals surface area contributed by atoms with E-state index in [1.807, 2.05) is 13.8 Å². The average molecular weight is 404 g/mol. The zero-order valence-corrected chi connectivity index (χ0v) is 16.6. The molecular formula is C20H28N4O5. The first-order valence-corrected chi connectivity index (χ1v) is 9.52. The number of nitrogens with one attached hydrogen (secondary N) is 3. The van der Waals surface area contributed by atoms with Gasteiger partial charge in [-0.25, -0.2) is 0 Å². The van der Waals surface area contributed by atoms with Crippen molar-refractivity contribution in [2.45, 2.75) is 51.4 Å². The van der Waals surface area contributed by atoms with Gasteiger partial charge in [-0.2, -0.15) is 0 Å². The number of benzene rings is 1. The number of rotatable bonds is 9. The van der Waals surface area contributed by atoms with Crippen LogP contribution in [0, 0.1) is 11.3 Å². The van der Waals surface area contributed by atoms with Gasteiger partial charge < -0.3 is 26.2 Å². The highest BCUT2D eigenvalue weighted by Gasteiger charge is 2.40. The normalized spacial score (nSPS) is 19.5. The maximum Gasteiger partial charge on any atom is 0.308 e. The molecule has 9 nitrogen and oxygen atoms in total. The molecule has 1 aliphatic heterocycles. The molecule has 1 saturated heterocycles. The Hall–Kier alpha value is -2.94. The lowest BCUT2D eigenvalue weighted by molar-refractivity contribution is -0.145. The van der Waals surface area contributed by atoms with Crippen molar-refractivity contribution in [2.75, 3.05) is 6.54 Å². The topological polar surface area (TPSA) is 155 Å². The predicted octanol–water partition coefficient (Wildman–Crippen LogP) is -0.163. The highest BCUT2D eigenvalue weighted by Crippen LogP contribution is 2.19. The summed E-state index contributed by atoms with van der Waals surface area (Å²) in [5.41, 5.74) is 6.69. The lowest BCUT2D eigenvalue weighted by Crippen LogP contribution is -2.49. The number of hydrogen-bond acceptors (Lipinski definition) is 6. The van der Waals surface area contributed by atoms with E-state index >= 15 is 0 Å². The third kappa shape index (κ3) is 6.86. The van der Waals surface area contributed by atoms with Crippen LogP contribution in [-0.4, -0.2) is 53.5 Å². The van der Waals surface area contributed by atoms with Gasteiger partial charge in [-0.05, 0) is 11.5 Å². The van der Waals surface area contributed by atoms with E-state index in [4.69, 9.17) is 15.9 Å². The summed E-state index contributed by atoms with van der Waals surface area (Å²) in [6.07, 6.45) is -1.66. The van der Waals surface area contributed by atoms with Gasteiger partial charge in [0.1, 0.15) is 18.0 Å². The summed E-state index contributed by atoms with van der Waals surface area (Å²) in [5, 5.41) is 23.1. The molecule has 1 heterocycles. The second-order valence-corrected chi connectivity index (χ2v) is 7.59. The number of carbonyl (C=O) groups is 3. The molecule has 0 spiro atoms. The van der Waals surface area contributed by atoms with Gasteiger partial charge in [0.25, 0.3) is 0 Å². The third-order valence-corrected chi connectivity index (χ3v) is 4.51. The first kappa shape index (κ1) is 22.4. The van der Waals surface area contributed by atoms with E-state index in [0.717, 1.165) is 5.56 Å². The van der Waals surface area contributed by atoms with Crippen molar-refractivity contribution in [2.24, 2.45) is 11.7 Å². The number of aliphatic hydroxyl groups is 1. The maximum absolute atomic E-state index is 12.1. The number of hydrogen-bond donors (Lipinski definition) is 5. The predicted molar refractivity (Wildman–Crippen MR) is 106 cm³/mol. The van der Waals surface area contributed by atoms with Crippen LogP contribution >= 0.6 is 0 Å². The van der Waals surface area contributed by atoms with Gasteiger partial charge in [0.2, 0.25) is 11.8 Å². The molecule has 0 aromatic heterocycles. The number of amidine groups is 1. The molecule has 2 amide bonds. The summed E-state index contributed by atoms with van der Waals surface area (Å²) >= 11 is 0. The van der Waals surface area contributed by atoms with Crippen molar-refractivity contribution < 1.29 is 24.2 Å². The highest BCUT2D eigenvalue weighted by molar-refractivity contribution is 5.95. The van der Waals surface area contributed by atoms with E-state index in [1.165, 1.54) is 0 Å². The molecular weight excluding hydrogens is 376 g/mol. The van der Waals surface area contributed by atoms with Gasteiger partial charge in [0, 0.05) is 18.5 Å². The van der Waals surface area contributed by atoms with Crippen molar-refractivity contribution in [3.8, 4) is 0 Å². The van der Waals surface area contributed by atoms with Crippen LogP contribution < -0.4 is 16.4 Å². The number of carbonyl (C=O) groups excluding carboxylic acids is 3. The summed E-state index contributed by atoms with van der Waals surface area (Å²) in [5.74, 6) is -0.908. The fourth-order valence-electron chi connectivity index (χ4n) is 3.08. The molecule has 0 bridgehead atoms. The van der Waals surface area contributed by atoms with Crippen molar-refractivity contribution in [3.63, 3.8) is 0 Å². The molecule has 2 rings (SSSR count). The van der Waals surface area contributed by atoms with E-state index in [1.54, 1.807) is 24.3 Å². The lowest BCUT2D eigenvalue weighted by Gasteiger charge is -2.24. The van der Waals surface area contributed by atoms with Crippen LogP contribution in [0.3, 0.4) is 0 Å². The van der Waals surface area contributed by atoms with Crippen molar-refractivity contribution in [1.29, 1.82) is 5.41 Å².